The Morgan fingerprint density at radius 1 is 1.16 bits per heavy atom. The molecule has 1 aromatic carbocycles. The average Bonchev–Trinajstić information content (AvgIpc) is 2.70. The van der Waals surface area contributed by atoms with E-state index in [4.69, 9.17) is 23.2 Å². The quantitative estimate of drug-likeness (QED) is 0.499. The van der Waals surface area contributed by atoms with Gasteiger partial charge in [0.1, 0.15) is 17.0 Å². The van der Waals surface area contributed by atoms with Gasteiger partial charge in [0.15, 0.2) is 10.8 Å². The van der Waals surface area contributed by atoms with Crippen molar-refractivity contribution in [1.29, 1.82) is 0 Å². The molecule has 0 unspecified atom stereocenters. The fraction of sp³-hybridized carbons (Fsp3) is 0.100. The molecule has 0 spiro atoms. The van der Waals surface area contributed by atoms with E-state index in [0.29, 0.717) is 5.69 Å². The number of aryl methyl sites for hydroxylation is 2. The van der Waals surface area contributed by atoms with Gasteiger partial charge in [-0.1, -0.05) is 23.2 Å². The average molecular weight is 459 g/mol. The fourth-order valence-electron chi connectivity index (χ4n) is 2.92. The van der Waals surface area contributed by atoms with E-state index >= 15 is 0 Å². The molecule has 156 valence electrons. The molecule has 4 aromatic rings. The molecule has 0 bridgehead atoms. The summed E-state index contributed by atoms with van der Waals surface area (Å²) in [5.74, 6) is -1.52. The zero-order valence-electron chi connectivity index (χ0n) is 16.2. The summed E-state index contributed by atoms with van der Waals surface area (Å²) in [7, 11) is 0. The lowest BCUT2D eigenvalue weighted by Crippen LogP contribution is -2.28. The molecule has 0 radical (unpaired) electrons. The number of nitrogens with one attached hydrogen (secondary N) is 1. The van der Waals surface area contributed by atoms with Crippen LogP contribution in [0.5, 0.6) is 0 Å². The maximum Gasteiger partial charge on any atom is 0.280 e. The molecule has 1 N–H and O–H groups in total. The minimum atomic E-state index is -0.834. The molecule has 1 amide bonds. The van der Waals surface area contributed by atoms with Gasteiger partial charge in [0.2, 0.25) is 5.43 Å². The number of amides is 1. The summed E-state index contributed by atoms with van der Waals surface area (Å²) in [6, 6.07) is 7.01. The highest BCUT2D eigenvalue weighted by molar-refractivity contribution is 6.30. The van der Waals surface area contributed by atoms with Crippen molar-refractivity contribution in [3.8, 4) is 5.69 Å². The Labute approximate surface area is 184 Å². The number of pyridine rings is 1. The number of hydrogen-bond acceptors (Lipinski definition) is 6. The van der Waals surface area contributed by atoms with E-state index in [1.807, 2.05) is 0 Å². The van der Waals surface area contributed by atoms with E-state index in [2.05, 4.69) is 25.6 Å². The Kier molecular flexibility index (Phi) is 5.38. The third-order valence-electron chi connectivity index (χ3n) is 4.54. The van der Waals surface area contributed by atoms with Crippen LogP contribution in [0.1, 0.15) is 21.7 Å². The zero-order chi connectivity index (χ0) is 22.3. The lowest BCUT2D eigenvalue weighted by atomic mass is 10.1. The highest BCUT2D eigenvalue weighted by Gasteiger charge is 2.21. The fourth-order valence-corrected chi connectivity index (χ4v) is 3.24. The van der Waals surface area contributed by atoms with Gasteiger partial charge in [0.25, 0.3) is 5.91 Å². The first kappa shape index (κ1) is 20.8. The normalized spacial score (nSPS) is 11.0. The van der Waals surface area contributed by atoms with Crippen LogP contribution in [-0.2, 0) is 0 Å². The predicted octanol–water partition coefficient (Wildman–Crippen LogP) is 3.89. The summed E-state index contributed by atoms with van der Waals surface area (Å²) >= 11 is 11.6. The second kappa shape index (κ2) is 8.01. The Morgan fingerprint density at radius 3 is 2.65 bits per heavy atom. The monoisotopic (exact) mass is 458 g/mol. The summed E-state index contributed by atoms with van der Waals surface area (Å²) < 4.78 is 15.9. The third kappa shape index (κ3) is 3.97. The van der Waals surface area contributed by atoms with Gasteiger partial charge < -0.3 is 5.32 Å². The van der Waals surface area contributed by atoms with Crippen LogP contribution in [0, 0.1) is 19.7 Å². The van der Waals surface area contributed by atoms with Crippen LogP contribution in [0.15, 0.2) is 41.3 Å². The van der Waals surface area contributed by atoms with Crippen molar-refractivity contribution in [3.63, 3.8) is 0 Å². The summed E-state index contributed by atoms with van der Waals surface area (Å²) in [4.78, 5) is 30.2. The topological polar surface area (TPSA) is 103 Å². The van der Waals surface area contributed by atoms with E-state index < -0.39 is 22.8 Å². The number of benzene rings is 1. The third-order valence-corrected chi connectivity index (χ3v) is 4.96. The summed E-state index contributed by atoms with van der Waals surface area (Å²) in [5, 5.41) is 14.1. The molecule has 4 rings (SSSR count). The molecule has 0 fully saturated rings. The number of halogens is 3. The minimum Gasteiger partial charge on any atom is -0.319 e. The Balaban J connectivity index is 1.96. The van der Waals surface area contributed by atoms with E-state index in [1.165, 1.54) is 24.4 Å². The summed E-state index contributed by atoms with van der Waals surface area (Å²) in [6.07, 6.45) is 1.26. The Bertz CT molecular complexity index is 1420. The maximum atomic E-state index is 14.7. The predicted molar refractivity (Wildman–Crippen MR) is 115 cm³/mol. The van der Waals surface area contributed by atoms with Crippen molar-refractivity contribution in [1.82, 2.24) is 25.0 Å². The van der Waals surface area contributed by atoms with Crippen LogP contribution < -0.4 is 10.7 Å². The standard InChI is InChI=1S/C20H13Cl2FN6O2/c1-9-5-15-17(25-10(9)2)19(30)18(20(31)26-12-7-16(22)27-24-8-12)28-29(15)14-4-3-11(21)6-13(14)23/h3-8H,1-2H3,(H,26,27,31). The van der Waals surface area contributed by atoms with E-state index in [9.17, 15) is 14.0 Å². The van der Waals surface area contributed by atoms with Crippen molar-refractivity contribution in [2.45, 2.75) is 13.8 Å². The SMILES string of the molecule is Cc1cc2c(nc1C)c(=O)c(C(=O)Nc1cnnc(Cl)c1)nn2-c1ccc(Cl)cc1F. The van der Waals surface area contributed by atoms with Crippen LogP contribution in [0.3, 0.4) is 0 Å². The zero-order valence-corrected chi connectivity index (χ0v) is 17.7. The van der Waals surface area contributed by atoms with Gasteiger partial charge in [-0.05, 0) is 43.7 Å². The molecule has 0 aliphatic rings. The van der Waals surface area contributed by atoms with Crippen molar-refractivity contribution in [3.05, 3.63) is 79.7 Å². The molecule has 0 saturated heterocycles. The first-order chi connectivity index (χ1) is 14.7. The largest absolute Gasteiger partial charge is 0.319 e. The van der Waals surface area contributed by atoms with Crippen LogP contribution in [0.25, 0.3) is 16.7 Å². The highest BCUT2D eigenvalue weighted by Crippen LogP contribution is 2.22. The van der Waals surface area contributed by atoms with Crippen LogP contribution in [0.4, 0.5) is 10.1 Å². The molecule has 3 aromatic heterocycles. The molecule has 0 aliphatic heterocycles. The smallest absolute Gasteiger partial charge is 0.280 e. The van der Waals surface area contributed by atoms with Crippen molar-refractivity contribution >= 4 is 45.8 Å². The van der Waals surface area contributed by atoms with Crippen LogP contribution in [-0.4, -0.2) is 30.9 Å². The first-order valence-corrected chi connectivity index (χ1v) is 9.66. The summed E-state index contributed by atoms with van der Waals surface area (Å²) in [6.45, 7) is 3.53. The van der Waals surface area contributed by atoms with Gasteiger partial charge in [0, 0.05) is 16.8 Å². The molecular weight excluding hydrogens is 446 g/mol. The number of hydrogen-bond donors (Lipinski definition) is 1. The highest BCUT2D eigenvalue weighted by atomic mass is 35.5. The second-order valence-corrected chi connectivity index (χ2v) is 7.49. The van der Waals surface area contributed by atoms with Crippen molar-refractivity contribution < 1.29 is 9.18 Å². The Hall–Kier alpha value is -3.43. The molecule has 11 heteroatoms. The first-order valence-electron chi connectivity index (χ1n) is 8.91. The van der Waals surface area contributed by atoms with Gasteiger partial charge in [-0.25, -0.2) is 14.1 Å². The number of anilines is 1. The molecule has 0 aliphatic carbocycles. The number of carbonyl (C=O) groups excluding carboxylic acids is 1. The lowest BCUT2D eigenvalue weighted by molar-refractivity contribution is 0.102. The van der Waals surface area contributed by atoms with Crippen LogP contribution in [0.2, 0.25) is 10.2 Å². The number of carbonyl (C=O) groups is 1. The second-order valence-electron chi connectivity index (χ2n) is 6.66. The molecule has 0 atom stereocenters. The van der Waals surface area contributed by atoms with Gasteiger partial charge in [-0.3, -0.25) is 9.59 Å². The molecule has 8 nitrogen and oxygen atoms in total. The number of rotatable bonds is 3. The Morgan fingerprint density at radius 2 is 1.94 bits per heavy atom. The maximum absolute atomic E-state index is 14.7. The molecule has 31 heavy (non-hydrogen) atoms. The van der Waals surface area contributed by atoms with Crippen molar-refractivity contribution in [2.75, 3.05) is 5.32 Å². The van der Waals surface area contributed by atoms with E-state index in [0.717, 1.165) is 16.3 Å². The molecule has 0 saturated carbocycles. The lowest BCUT2D eigenvalue weighted by Gasteiger charge is -2.14. The summed E-state index contributed by atoms with van der Waals surface area (Å²) in [5.41, 5.74) is 0.621. The van der Waals surface area contributed by atoms with Gasteiger partial charge >= 0.3 is 0 Å². The minimum absolute atomic E-state index is 0.00197. The van der Waals surface area contributed by atoms with E-state index in [1.54, 1.807) is 19.9 Å². The molecule has 3 heterocycles. The van der Waals surface area contributed by atoms with Gasteiger partial charge in [-0.15, -0.1) is 5.10 Å². The van der Waals surface area contributed by atoms with Crippen molar-refractivity contribution in [2.24, 2.45) is 0 Å². The van der Waals surface area contributed by atoms with Gasteiger partial charge in [-0.2, -0.15) is 10.2 Å². The number of nitrogens with zero attached hydrogens (tertiary/aromatic N) is 5. The molecular formula is C20H13Cl2FN6O2. The van der Waals surface area contributed by atoms with E-state index in [-0.39, 0.29) is 32.6 Å². The van der Waals surface area contributed by atoms with Gasteiger partial charge in [0.05, 0.1) is 17.4 Å². The number of fused-ring (bicyclic) bond motifs is 1. The van der Waals surface area contributed by atoms with Crippen LogP contribution >= 0.6 is 23.2 Å². The number of aromatic nitrogens is 5.